The van der Waals surface area contributed by atoms with E-state index >= 15 is 0 Å². The van der Waals surface area contributed by atoms with Crippen LogP contribution in [0.4, 0.5) is 13.2 Å². The van der Waals surface area contributed by atoms with Crippen LogP contribution in [0.15, 0.2) is 69.7 Å². The molecule has 31 heavy (non-hydrogen) atoms. The molecule has 1 saturated heterocycles. The predicted molar refractivity (Wildman–Crippen MR) is 109 cm³/mol. The van der Waals surface area contributed by atoms with Crippen LogP contribution in [0, 0.1) is 0 Å². The van der Waals surface area contributed by atoms with Crippen LogP contribution in [0.5, 0.6) is 5.75 Å². The molecular weight excluding hydrogens is 435 g/mol. The van der Waals surface area contributed by atoms with Crippen molar-refractivity contribution in [3.63, 3.8) is 0 Å². The lowest BCUT2D eigenvalue weighted by Crippen LogP contribution is -2.19. The number of hydrogen-bond donors (Lipinski definition) is 1. The summed E-state index contributed by atoms with van der Waals surface area (Å²) in [6, 6.07) is 12.5. The van der Waals surface area contributed by atoms with Gasteiger partial charge in [-0.15, -0.1) is 18.3 Å². The van der Waals surface area contributed by atoms with Crippen molar-refractivity contribution < 1.29 is 32.2 Å². The summed E-state index contributed by atoms with van der Waals surface area (Å²) in [6.45, 7) is 0. The van der Waals surface area contributed by atoms with Crippen molar-refractivity contribution >= 4 is 35.0 Å². The third-order valence-electron chi connectivity index (χ3n) is 3.81. The molecule has 1 aliphatic heterocycles. The number of amidine groups is 1. The fraction of sp³-hybridized carbons (Fsp3) is 0.100. The second-order valence-corrected chi connectivity index (χ2v) is 6.93. The molecule has 1 amide bonds. The van der Waals surface area contributed by atoms with Gasteiger partial charge in [0.1, 0.15) is 5.75 Å². The van der Waals surface area contributed by atoms with Crippen LogP contribution >= 0.6 is 11.8 Å². The summed E-state index contributed by atoms with van der Waals surface area (Å²) in [6.07, 6.45) is -2.27. The van der Waals surface area contributed by atoms with Crippen molar-refractivity contribution in [2.75, 3.05) is 7.11 Å². The second-order valence-electron chi connectivity index (χ2n) is 5.90. The van der Waals surface area contributed by atoms with Crippen molar-refractivity contribution in [1.82, 2.24) is 5.32 Å². The van der Waals surface area contributed by atoms with E-state index in [0.29, 0.717) is 16.7 Å². The highest BCUT2D eigenvalue weighted by atomic mass is 32.2. The Hall–Kier alpha value is -3.60. The number of amides is 1. The van der Waals surface area contributed by atoms with Gasteiger partial charge in [-0.05, 0) is 35.0 Å². The van der Waals surface area contributed by atoms with Gasteiger partial charge < -0.3 is 9.47 Å². The minimum atomic E-state index is -4.76. The van der Waals surface area contributed by atoms with Gasteiger partial charge in [0.05, 0.1) is 18.2 Å². The van der Waals surface area contributed by atoms with Crippen molar-refractivity contribution in [2.45, 2.75) is 6.36 Å². The van der Waals surface area contributed by atoms with E-state index in [0.717, 1.165) is 17.8 Å². The maximum atomic E-state index is 12.3. The number of rotatable bonds is 5. The molecule has 0 unspecified atom stereocenters. The standard InChI is InChI=1S/C20H14F3N3O4S/c1-29-17(27)10-16-18(28)25-19(31-16)26-24-11-13-4-2-3-5-15(13)12-6-8-14(9-7-12)30-20(21,22)23/h2-11H,1H3,(H,25,26,28)/b16-10+,24-11?. The molecule has 0 aliphatic carbocycles. The van der Waals surface area contributed by atoms with Crippen LogP contribution in [0.25, 0.3) is 11.1 Å². The highest BCUT2D eigenvalue weighted by Gasteiger charge is 2.31. The lowest BCUT2D eigenvalue weighted by atomic mass is 10.0. The Morgan fingerprint density at radius 1 is 1.13 bits per heavy atom. The Labute approximate surface area is 178 Å². The van der Waals surface area contributed by atoms with E-state index in [2.05, 4.69) is 25.0 Å². The van der Waals surface area contributed by atoms with E-state index in [1.54, 1.807) is 24.3 Å². The van der Waals surface area contributed by atoms with Crippen molar-refractivity contribution in [2.24, 2.45) is 10.2 Å². The van der Waals surface area contributed by atoms with Crippen molar-refractivity contribution in [3.05, 3.63) is 65.1 Å². The minimum Gasteiger partial charge on any atom is -0.466 e. The van der Waals surface area contributed by atoms with Crippen LogP contribution in [-0.4, -0.2) is 36.7 Å². The molecule has 160 valence electrons. The van der Waals surface area contributed by atoms with Crippen molar-refractivity contribution in [3.8, 4) is 16.9 Å². The fourth-order valence-electron chi connectivity index (χ4n) is 2.49. The lowest BCUT2D eigenvalue weighted by Gasteiger charge is -2.10. The van der Waals surface area contributed by atoms with Crippen LogP contribution in [0.3, 0.4) is 0 Å². The first-order valence-corrected chi connectivity index (χ1v) is 9.42. The number of alkyl halides is 3. The van der Waals surface area contributed by atoms with E-state index in [1.165, 1.54) is 37.6 Å². The molecule has 7 nitrogen and oxygen atoms in total. The number of carbonyl (C=O) groups excluding carboxylic acids is 2. The van der Waals surface area contributed by atoms with Gasteiger partial charge in [-0.3, -0.25) is 10.1 Å². The summed E-state index contributed by atoms with van der Waals surface area (Å²) in [5, 5.41) is 10.5. The van der Waals surface area contributed by atoms with Crippen LogP contribution in [-0.2, 0) is 14.3 Å². The summed E-state index contributed by atoms with van der Waals surface area (Å²) in [4.78, 5) is 23.2. The number of ether oxygens (including phenoxy) is 2. The zero-order valence-corrected chi connectivity index (χ0v) is 16.7. The Morgan fingerprint density at radius 3 is 2.52 bits per heavy atom. The first kappa shape index (κ1) is 22.1. The van der Waals surface area contributed by atoms with Gasteiger partial charge in [-0.1, -0.05) is 36.4 Å². The van der Waals surface area contributed by atoms with E-state index in [4.69, 9.17) is 0 Å². The summed E-state index contributed by atoms with van der Waals surface area (Å²) < 4.78 is 45.3. The van der Waals surface area contributed by atoms with Gasteiger partial charge in [0.2, 0.25) is 0 Å². The highest BCUT2D eigenvalue weighted by Crippen LogP contribution is 2.28. The number of nitrogens with zero attached hydrogens (tertiary/aromatic N) is 2. The smallest absolute Gasteiger partial charge is 0.466 e. The average molecular weight is 449 g/mol. The average Bonchev–Trinajstić information content (AvgIpc) is 3.07. The van der Waals surface area contributed by atoms with Gasteiger partial charge in [0.15, 0.2) is 5.17 Å². The van der Waals surface area contributed by atoms with Crippen LogP contribution in [0.1, 0.15) is 5.56 Å². The minimum absolute atomic E-state index is 0.127. The molecule has 0 aromatic heterocycles. The van der Waals surface area contributed by atoms with Gasteiger partial charge in [-0.2, -0.15) is 5.10 Å². The maximum Gasteiger partial charge on any atom is 0.573 e. The summed E-state index contributed by atoms with van der Waals surface area (Å²) in [5.41, 5.74) is 2.01. The molecular formula is C20H14F3N3O4S. The van der Waals surface area contributed by atoms with E-state index in [1.807, 2.05) is 0 Å². The highest BCUT2D eigenvalue weighted by molar-refractivity contribution is 8.18. The molecule has 0 radical (unpaired) electrons. The molecule has 2 aromatic rings. The third kappa shape index (κ3) is 6.19. The Morgan fingerprint density at radius 2 is 1.84 bits per heavy atom. The Balaban J connectivity index is 1.76. The zero-order chi connectivity index (χ0) is 22.4. The predicted octanol–water partition coefficient (Wildman–Crippen LogP) is 3.86. The number of thioether (sulfide) groups is 1. The lowest BCUT2D eigenvalue weighted by molar-refractivity contribution is -0.274. The number of methoxy groups -OCH3 is 1. The van der Waals surface area contributed by atoms with Gasteiger partial charge >= 0.3 is 12.3 Å². The molecule has 3 rings (SSSR count). The number of carbonyl (C=O) groups is 2. The summed E-state index contributed by atoms with van der Waals surface area (Å²) >= 11 is 0.934. The second kappa shape index (κ2) is 9.47. The molecule has 2 aromatic carbocycles. The van der Waals surface area contributed by atoms with Gasteiger partial charge in [0, 0.05) is 11.6 Å². The Kier molecular flexibility index (Phi) is 6.75. The number of halogens is 3. The van der Waals surface area contributed by atoms with E-state index in [9.17, 15) is 22.8 Å². The number of benzene rings is 2. The normalized spacial score (nSPS) is 16.7. The molecule has 1 aliphatic rings. The molecule has 11 heteroatoms. The first-order valence-electron chi connectivity index (χ1n) is 8.60. The summed E-state index contributed by atoms with van der Waals surface area (Å²) in [5.74, 6) is -1.48. The summed E-state index contributed by atoms with van der Waals surface area (Å²) in [7, 11) is 1.20. The quantitative estimate of drug-likeness (QED) is 0.324. The van der Waals surface area contributed by atoms with Crippen molar-refractivity contribution in [1.29, 1.82) is 0 Å². The third-order valence-corrected chi connectivity index (χ3v) is 4.71. The molecule has 1 fully saturated rings. The first-order chi connectivity index (χ1) is 14.7. The molecule has 1 N–H and O–H groups in total. The molecule has 0 bridgehead atoms. The largest absolute Gasteiger partial charge is 0.573 e. The number of nitrogens with one attached hydrogen (secondary N) is 1. The fourth-order valence-corrected chi connectivity index (χ4v) is 3.23. The number of hydrogen-bond acceptors (Lipinski definition) is 7. The Bertz CT molecular complexity index is 1080. The van der Waals surface area contributed by atoms with E-state index in [-0.39, 0.29) is 15.8 Å². The molecule has 1 heterocycles. The zero-order valence-electron chi connectivity index (χ0n) is 15.8. The molecule has 0 atom stereocenters. The van der Waals surface area contributed by atoms with Gasteiger partial charge in [0.25, 0.3) is 5.91 Å². The monoisotopic (exact) mass is 449 g/mol. The SMILES string of the molecule is COC(=O)/C=C1/S/C(=N\N=Cc2ccccc2-c2ccc(OC(F)(F)F)cc2)NC1=O. The molecule has 0 spiro atoms. The van der Waals surface area contributed by atoms with E-state index < -0.39 is 18.2 Å². The maximum absolute atomic E-state index is 12.3. The van der Waals surface area contributed by atoms with Crippen LogP contribution in [0.2, 0.25) is 0 Å². The topological polar surface area (TPSA) is 89.3 Å². The van der Waals surface area contributed by atoms with Gasteiger partial charge in [-0.25, -0.2) is 4.79 Å². The number of esters is 1. The molecule has 0 saturated carbocycles. The van der Waals surface area contributed by atoms with Crippen LogP contribution < -0.4 is 10.1 Å².